The Bertz CT molecular complexity index is 397. The smallest absolute Gasteiger partial charge is 0.339 e. The molecule has 0 bridgehead atoms. The van der Waals surface area contributed by atoms with Gasteiger partial charge in [0, 0.05) is 12.0 Å². The number of carboxylic acid groups (broad SMARTS) is 1. The van der Waals surface area contributed by atoms with Gasteiger partial charge in [0.1, 0.15) is 23.2 Å². The molecule has 14 heavy (non-hydrogen) atoms. The van der Waals surface area contributed by atoms with E-state index in [1.807, 2.05) is 6.92 Å². The summed E-state index contributed by atoms with van der Waals surface area (Å²) in [5.74, 6) is -0.782. The number of hydrogen-bond donors (Lipinski definition) is 2. The minimum Gasteiger partial charge on any atom is -0.507 e. The molecule has 1 aromatic carbocycles. The molecule has 2 N–H and O–H groups in total. The van der Waals surface area contributed by atoms with E-state index in [4.69, 9.17) is 9.84 Å². The molecule has 0 aromatic heterocycles. The van der Waals surface area contributed by atoms with Crippen LogP contribution in [0.4, 0.5) is 0 Å². The Kier molecular flexibility index (Phi) is 1.84. The molecule has 74 valence electrons. The summed E-state index contributed by atoms with van der Waals surface area (Å²) in [7, 11) is 0. The van der Waals surface area contributed by atoms with Crippen molar-refractivity contribution in [3.8, 4) is 11.5 Å². The van der Waals surface area contributed by atoms with E-state index in [0.29, 0.717) is 12.2 Å². The molecule has 1 aliphatic rings. The Labute approximate surface area is 80.7 Å². The standard InChI is InChI=1S/C10H10O4/c1-5-2-6-3-8(11)7(10(12)13)4-9(6)14-5/h3-5,11H,2H2,1H3,(H,12,13). The van der Waals surface area contributed by atoms with Crippen LogP contribution >= 0.6 is 0 Å². The molecule has 1 unspecified atom stereocenters. The predicted octanol–water partition coefficient (Wildman–Crippen LogP) is 1.41. The van der Waals surface area contributed by atoms with Crippen LogP contribution in [-0.2, 0) is 6.42 Å². The molecule has 4 heteroatoms. The summed E-state index contributed by atoms with van der Waals surface area (Å²) >= 11 is 0. The summed E-state index contributed by atoms with van der Waals surface area (Å²) < 4.78 is 5.38. The average molecular weight is 194 g/mol. The van der Waals surface area contributed by atoms with Gasteiger partial charge in [0.15, 0.2) is 0 Å². The quantitative estimate of drug-likeness (QED) is 0.709. The number of hydrogen-bond acceptors (Lipinski definition) is 3. The van der Waals surface area contributed by atoms with E-state index in [-0.39, 0.29) is 17.4 Å². The maximum atomic E-state index is 10.7. The molecular formula is C10H10O4. The summed E-state index contributed by atoms with van der Waals surface area (Å²) in [4.78, 5) is 10.7. The first kappa shape index (κ1) is 8.87. The first-order valence-corrected chi connectivity index (χ1v) is 4.34. The number of aromatic carboxylic acids is 1. The van der Waals surface area contributed by atoms with Gasteiger partial charge in [0.05, 0.1) is 0 Å². The molecule has 0 saturated carbocycles. The van der Waals surface area contributed by atoms with Crippen LogP contribution in [-0.4, -0.2) is 22.3 Å². The number of aromatic hydroxyl groups is 1. The number of carbonyl (C=O) groups is 1. The van der Waals surface area contributed by atoms with E-state index >= 15 is 0 Å². The number of rotatable bonds is 1. The van der Waals surface area contributed by atoms with E-state index in [1.165, 1.54) is 12.1 Å². The van der Waals surface area contributed by atoms with Crippen molar-refractivity contribution in [2.24, 2.45) is 0 Å². The molecule has 0 amide bonds. The van der Waals surface area contributed by atoms with Gasteiger partial charge >= 0.3 is 5.97 Å². The lowest BCUT2D eigenvalue weighted by Crippen LogP contribution is -2.05. The molecule has 4 nitrogen and oxygen atoms in total. The molecule has 1 aliphatic heterocycles. The van der Waals surface area contributed by atoms with Gasteiger partial charge in [-0.1, -0.05) is 0 Å². The van der Waals surface area contributed by atoms with Gasteiger partial charge in [-0.05, 0) is 19.1 Å². The van der Waals surface area contributed by atoms with Crippen molar-refractivity contribution in [1.29, 1.82) is 0 Å². The Hall–Kier alpha value is -1.71. The Morgan fingerprint density at radius 2 is 2.29 bits per heavy atom. The zero-order chi connectivity index (χ0) is 10.3. The second-order valence-electron chi connectivity index (χ2n) is 3.41. The third-order valence-electron chi connectivity index (χ3n) is 2.24. The normalized spacial score (nSPS) is 18.8. The van der Waals surface area contributed by atoms with Crippen LogP contribution in [0.3, 0.4) is 0 Å². The number of ether oxygens (including phenoxy) is 1. The highest BCUT2D eigenvalue weighted by Gasteiger charge is 2.23. The molecule has 2 rings (SSSR count). The van der Waals surface area contributed by atoms with Crippen molar-refractivity contribution >= 4 is 5.97 Å². The number of carboxylic acids is 1. The first-order chi connectivity index (χ1) is 6.58. The summed E-state index contributed by atoms with van der Waals surface area (Å²) in [5, 5.41) is 18.1. The zero-order valence-electron chi connectivity index (χ0n) is 7.65. The van der Waals surface area contributed by atoms with Crippen LogP contribution in [0.5, 0.6) is 11.5 Å². The SMILES string of the molecule is CC1Cc2cc(O)c(C(=O)O)cc2O1. The van der Waals surface area contributed by atoms with Crippen LogP contribution in [0.2, 0.25) is 0 Å². The Balaban J connectivity index is 2.50. The Morgan fingerprint density at radius 1 is 1.57 bits per heavy atom. The van der Waals surface area contributed by atoms with Crippen molar-refractivity contribution in [1.82, 2.24) is 0 Å². The molecule has 1 heterocycles. The van der Waals surface area contributed by atoms with Crippen molar-refractivity contribution in [2.75, 3.05) is 0 Å². The highest BCUT2D eigenvalue weighted by molar-refractivity contribution is 5.91. The highest BCUT2D eigenvalue weighted by atomic mass is 16.5. The first-order valence-electron chi connectivity index (χ1n) is 4.34. The number of fused-ring (bicyclic) bond motifs is 1. The lowest BCUT2D eigenvalue weighted by atomic mass is 10.1. The molecule has 0 radical (unpaired) electrons. The summed E-state index contributed by atoms with van der Waals surface area (Å²) in [6.07, 6.45) is 0.761. The third kappa shape index (κ3) is 1.28. The lowest BCUT2D eigenvalue weighted by Gasteiger charge is -2.04. The van der Waals surface area contributed by atoms with E-state index < -0.39 is 5.97 Å². The van der Waals surface area contributed by atoms with Gasteiger partial charge in [-0.2, -0.15) is 0 Å². The second-order valence-corrected chi connectivity index (χ2v) is 3.41. The van der Waals surface area contributed by atoms with Crippen molar-refractivity contribution in [3.05, 3.63) is 23.3 Å². The predicted molar refractivity (Wildman–Crippen MR) is 48.9 cm³/mol. The molecule has 0 aliphatic carbocycles. The van der Waals surface area contributed by atoms with E-state index in [0.717, 1.165) is 5.56 Å². The van der Waals surface area contributed by atoms with Crippen LogP contribution in [0.1, 0.15) is 22.8 Å². The molecule has 0 saturated heterocycles. The minimum atomic E-state index is -1.14. The van der Waals surface area contributed by atoms with Gasteiger partial charge in [-0.15, -0.1) is 0 Å². The number of benzene rings is 1. The van der Waals surface area contributed by atoms with E-state index in [9.17, 15) is 9.90 Å². The molecule has 0 spiro atoms. The zero-order valence-corrected chi connectivity index (χ0v) is 7.65. The van der Waals surface area contributed by atoms with Crippen LogP contribution < -0.4 is 4.74 Å². The average Bonchev–Trinajstić information content (AvgIpc) is 2.42. The molecule has 1 aromatic rings. The fourth-order valence-corrected chi connectivity index (χ4v) is 1.62. The maximum absolute atomic E-state index is 10.7. The fraction of sp³-hybridized carbons (Fsp3) is 0.300. The summed E-state index contributed by atoms with van der Waals surface area (Å²) in [6, 6.07) is 2.83. The highest BCUT2D eigenvalue weighted by Crippen LogP contribution is 2.34. The van der Waals surface area contributed by atoms with Gasteiger partial charge in [-0.3, -0.25) is 0 Å². The van der Waals surface area contributed by atoms with Gasteiger partial charge in [0.25, 0.3) is 0 Å². The molecule has 1 atom stereocenters. The van der Waals surface area contributed by atoms with Crippen LogP contribution in [0.15, 0.2) is 12.1 Å². The van der Waals surface area contributed by atoms with Gasteiger partial charge in [-0.25, -0.2) is 4.79 Å². The van der Waals surface area contributed by atoms with E-state index in [1.54, 1.807) is 0 Å². The Morgan fingerprint density at radius 3 is 2.93 bits per heavy atom. The van der Waals surface area contributed by atoms with Gasteiger partial charge < -0.3 is 14.9 Å². The van der Waals surface area contributed by atoms with Crippen LogP contribution in [0.25, 0.3) is 0 Å². The maximum Gasteiger partial charge on any atom is 0.339 e. The summed E-state index contributed by atoms with van der Waals surface area (Å²) in [5.41, 5.74) is 0.748. The second kappa shape index (κ2) is 2.90. The third-order valence-corrected chi connectivity index (χ3v) is 2.24. The monoisotopic (exact) mass is 194 g/mol. The topological polar surface area (TPSA) is 66.8 Å². The van der Waals surface area contributed by atoms with Crippen molar-refractivity contribution in [3.63, 3.8) is 0 Å². The van der Waals surface area contributed by atoms with Gasteiger partial charge in [0.2, 0.25) is 0 Å². The molecular weight excluding hydrogens is 184 g/mol. The lowest BCUT2D eigenvalue weighted by molar-refractivity contribution is 0.0693. The largest absolute Gasteiger partial charge is 0.507 e. The van der Waals surface area contributed by atoms with Crippen molar-refractivity contribution in [2.45, 2.75) is 19.4 Å². The fourth-order valence-electron chi connectivity index (χ4n) is 1.62. The van der Waals surface area contributed by atoms with Crippen LogP contribution in [0, 0.1) is 0 Å². The van der Waals surface area contributed by atoms with E-state index in [2.05, 4.69) is 0 Å². The molecule has 0 fully saturated rings. The summed E-state index contributed by atoms with van der Waals surface area (Å²) in [6.45, 7) is 1.90. The van der Waals surface area contributed by atoms with Crippen molar-refractivity contribution < 1.29 is 19.7 Å². The minimum absolute atomic E-state index is 0.0495. The number of phenols is 1.